The molecule has 0 aromatic heterocycles. The second kappa shape index (κ2) is 5.64. The van der Waals surface area contributed by atoms with E-state index in [0.29, 0.717) is 16.5 Å². The quantitative estimate of drug-likeness (QED) is 0.604. The number of anilines is 1. The Morgan fingerprint density at radius 1 is 1.60 bits per heavy atom. The zero-order chi connectivity index (χ0) is 11.3. The molecule has 0 saturated carbocycles. The predicted molar refractivity (Wildman–Crippen MR) is 62.6 cm³/mol. The van der Waals surface area contributed by atoms with Gasteiger partial charge in [-0.25, -0.2) is 0 Å². The first-order chi connectivity index (χ1) is 7.17. The van der Waals surface area contributed by atoms with Crippen LogP contribution < -0.4 is 5.73 Å². The molecule has 1 unspecified atom stereocenters. The zero-order valence-electron chi connectivity index (χ0n) is 8.60. The van der Waals surface area contributed by atoms with Crippen LogP contribution in [0.4, 0.5) is 5.69 Å². The highest BCUT2D eigenvalue weighted by molar-refractivity contribution is 8.00. The van der Waals surface area contributed by atoms with Crippen LogP contribution in [-0.4, -0.2) is 17.0 Å². The molecule has 0 radical (unpaired) electrons. The minimum absolute atomic E-state index is 0.173. The first-order valence-electron chi connectivity index (χ1n) is 4.74. The summed E-state index contributed by atoms with van der Waals surface area (Å²) in [5.74, 6) is 0. The van der Waals surface area contributed by atoms with E-state index < -0.39 is 0 Å². The highest BCUT2D eigenvalue weighted by Gasteiger charge is 2.07. The van der Waals surface area contributed by atoms with Crippen LogP contribution in [0.2, 0.25) is 0 Å². The highest BCUT2D eigenvalue weighted by atomic mass is 32.2. The molecule has 1 rings (SSSR count). The minimum Gasteiger partial charge on any atom is -0.398 e. The average Bonchev–Trinajstić information content (AvgIpc) is 2.21. The summed E-state index contributed by atoms with van der Waals surface area (Å²) >= 11 is 1.59. The standard InChI is InChI=1S/C11H14N2OS/c1-8(4-5-14)15-11-6-9(7-12)2-3-10(11)13/h2-3,6,8,14H,4-5,13H2,1H3. The van der Waals surface area contributed by atoms with Crippen LogP contribution in [0.5, 0.6) is 0 Å². The SMILES string of the molecule is CC(CCO)Sc1cc(C#N)ccc1N. The Bertz CT molecular complexity index is 373. The third kappa shape index (κ3) is 3.46. The number of nitriles is 1. The van der Waals surface area contributed by atoms with Crippen molar-refractivity contribution < 1.29 is 5.11 Å². The Kier molecular flexibility index (Phi) is 4.47. The van der Waals surface area contributed by atoms with Gasteiger partial charge in [0.05, 0.1) is 11.6 Å². The topological polar surface area (TPSA) is 70.0 Å². The second-order valence-electron chi connectivity index (χ2n) is 3.31. The van der Waals surface area contributed by atoms with E-state index in [4.69, 9.17) is 16.1 Å². The first kappa shape index (κ1) is 11.9. The summed E-state index contributed by atoms with van der Waals surface area (Å²) in [5.41, 5.74) is 7.09. The molecule has 0 amide bonds. The molecule has 0 spiro atoms. The molecular weight excluding hydrogens is 208 g/mol. The highest BCUT2D eigenvalue weighted by Crippen LogP contribution is 2.30. The van der Waals surface area contributed by atoms with Crippen LogP contribution in [0.3, 0.4) is 0 Å². The molecule has 1 aromatic carbocycles. The van der Waals surface area contributed by atoms with Crippen molar-refractivity contribution in [1.82, 2.24) is 0 Å². The summed E-state index contributed by atoms with van der Waals surface area (Å²) in [4.78, 5) is 0.912. The van der Waals surface area contributed by atoms with Crippen LogP contribution in [0, 0.1) is 11.3 Å². The van der Waals surface area contributed by atoms with Crippen molar-refractivity contribution in [3.8, 4) is 6.07 Å². The normalized spacial score (nSPS) is 12.1. The smallest absolute Gasteiger partial charge is 0.0992 e. The molecule has 0 heterocycles. The van der Waals surface area contributed by atoms with E-state index in [1.54, 1.807) is 30.0 Å². The molecule has 4 heteroatoms. The number of nitrogens with two attached hydrogens (primary N) is 1. The van der Waals surface area contributed by atoms with Gasteiger partial charge in [0.25, 0.3) is 0 Å². The Hall–Kier alpha value is -1.18. The fraction of sp³-hybridized carbons (Fsp3) is 0.364. The van der Waals surface area contributed by atoms with E-state index in [9.17, 15) is 0 Å². The Labute approximate surface area is 93.9 Å². The molecule has 0 aliphatic rings. The number of thioether (sulfide) groups is 1. The lowest BCUT2D eigenvalue weighted by Gasteiger charge is -2.11. The number of hydrogen-bond donors (Lipinski definition) is 2. The van der Waals surface area contributed by atoms with Crippen molar-refractivity contribution in [3.63, 3.8) is 0 Å². The molecule has 15 heavy (non-hydrogen) atoms. The fourth-order valence-electron chi connectivity index (χ4n) is 1.16. The van der Waals surface area contributed by atoms with Crippen molar-refractivity contribution in [1.29, 1.82) is 5.26 Å². The van der Waals surface area contributed by atoms with Gasteiger partial charge in [-0.1, -0.05) is 6.92 Å². The van der Waals surface area contributed by atoms with E-state index in [2.05, 4.69) is 6.07 Å². The lowest BCUT2D eigenvalue weighted by Crippen LogP contribution is -2.00. The third-order valence-electron chi connectivity index (χ3n) is 2.01. The van der Waals surface area contributed by atoms with E-state index in [1.807, 2.05) is 6.92 Å². The molecule has 1 atom stereocenters. The molecule has 0 saturated heterocycles. The maximum absolute atomic E-state index is 8.79. The summed E-state index contributed by atoms with van der Waals surface area (Å²) in [6, 6.07) is 7.31. The van der Waals surface area contributed by atoms with Gasteiger partial charge in [0, 0.05) is 22.4 Å². The van der Waals surface area contributed by atoms with Crippen LogP contribution in [0.25, 0.3) is 0 Å². The van der Waals surface area contributed by atoms with Crippen molar-refractivity contribution >= 4 is 17.4 Å². The fourth-order valence-corrected chi connectivity index (χ4v) is 2.22. The molecule has 0 aliphatic carbocycles. The second-order valence-corrected chi connectivity index (χ2v) is 4.79. The first-order valence-corrected chi connectivity index (χ1v) is 5.62. The van der Waals surface area contributed by atoms with E-state index in [1.165, 1.54) is 0 Å². The molecule has 1 aromatic rings. The van der Waals surface area contributed by atoms with Gasteiger partial charge in [0.15, 0.2) is 0 Å². The Balaban J connectivity index is 2.80. The van der Waals surface area contributed by atoms with Gasteiger partial charge in [-0.3, -0.25) is 0 Å². The molecule has 80 valence electrons. The Morgan fingerprint density at radius 2 is 2.33 bits per heavy atom. The summed E-state index contributed by atoms with van der Waals surface area (Å²) < 4.78 is 0. The van der Waals surface area contributed by atoms with Crippen molar-refractivity contribution in [3.05, 3.63) is 23.8 Å². The van der Waals surface area contributed by atoms with Crippen LogP contribution in [0.1, 0.15) is 18.9 Å². The predicted octanol–water partition coefficient (Wildman–Crippen LogP) is 2.00. The number of nitrogen functional groups attached to an aromatic ring is 1. The van der Waals surface area contributed by atoms with Crippen LogP contribution >= 0.6 is 11.8 Å². The van der Waals surface area contributed by atoms with Gasteiger partial charge in [-0.2, -0.15) is 5.26 Å². The minimum atomic E-state index is 0.173. The van der Waals surface area contributed by atoms with E-state index >= 15 is 0 Å². The number of aliphatic hydroxyl groups excluding tert-OH is 1. The van der Waals surface area contributed by atoms with Crippen LogP contribution in [-0.2, 0) is 0 Å². The van der Waals surface area contributed by atoms with E-state index in [-0.39, 0.29) is 6.61 Å². The monoisotopic (exact) mass is 222 g/mol. The van der Waals surface area contributed by atoms with Crippen molar-refractivity contribution in [2.75, 3.05) is 12.3 Å². The molecule has 0 bridgehead atoms. The lowest BCUT2D eigenvalue weighted by molar-refractivity contribution is 0.289. The number of rotatable bonds is 4. The van der Waals surface area contributed by atoms with Gasteiger partial charge >= 0.3 is 0 Å². The largest absolute Gasteiger partial charge is 0.398 e. The molecule has 3 nitrogen and oxygen atoms in total. The van der Waals surface area contributed by atoms with Gasteiger partial charge in [0.2, 0.25) is 0 Å². The van der Waals surface area contributed by atoms with Gasteiger partial charge in [-0.15, -0.1) is 11.8 Å². The third-order valence-corrected chi connectivity index (χ3v) is 3.25. The summed E-state index contributed by atoms with van der Waals surface area (Å²) in [6.07, 6.45) is 0.723. The number of benzene rings is 1. The molecule has 0 fully saturated rings. The van der Waals surface area contributed by atoms with Gasteiger partial charge < -0.3 is 10.8 Å². The molecule has 3 N–H and O–H groups in total. The summed E-state index contributed by atoms with van der Waals surface area (Å²) in [5, 5.41) is 17.8. The van der Waals surface area contributed by atoms with Gasteiger partial charge in [-0.05, 0) is 24.6 Å². The van der Waals surface area contributed by atoms with E-state index in [0.717, 1.165) is 11.3 Å². The maximum atomic E-state index is 8.79. The van der Waals surface area contributed by atoms with Gasteiger partial charge in [0.1, 0.15) is 0 Å². The molecule has 0 aliphatic heterocycles. The van der Waals surface area contributed by atoms with Crippen molar-refractivity contribution in [2.45, 2.75) is 23.5 Å². The molecular formula is C11H14N2OS. The number of hydrogen-bond acceptors (Lipinski definition) is 4. The van der Waals surface area contributed by atoms with Crippen LogP contribution in [0.15, 0.2) is 23.1 Å². The summed E-state index contributed by atoms with van der Waals surface area (Å²) in [7, 11) is 0. The number of nitrogens with zero attached hydrogens (tertiary/aromatic N) is 1. The number of aliphatic hydroxyl groups is 1. The average molecular weight is 222 g/mol. The lowest BCUT2D eigenvalue weighted by atomic mass is 10.2. The maximum Gasteiger partial charge on any atom is 0.0992 e. The van der Waals surface area contributed by atoms with Crippen molar-refractivity contribution in [2.24, 2.45) is 0 Å². The zero-order valence-corrected chi connectivity index (χ0v) is 9.42. The Morgan fingerprint density at radius 3 is 2.93 bits per heavy atom. The summed E-state index contributed by atoms with van der Waals surface area (Å²) in [6.45, 7) is 2.20.